The van der Waals surface area contributed by atoms with Gasteiger partial charge in [-0.15, -0.1) is 0 Å². The maximum atomic E-state index is 11.0. The summed E-state index contributed by atoms with van der Waals surface area (Å²) in [6.07, 6.45) is 2.32. The van der Waals surface area contributed by atoms with Crippen molar-refractivity contribution in [3.05, 3.63) is 33.3 Å². The number of nitrogens with one attached hydrogen (secondary N) is 1. The Morgan fingerprint density at radius 2 is 2.37 bits per heavy atom. The zero-order valence-corrected chi connectivity index (χ0v) is 11.7. The smallest absolute Gasteiger partial charge is 0.293 e. The second-order valence-electron chi connectivity index (χ2n) is 5.04. The van der Waals surface area contributed by atoms with Crippen molar-refractivity contribution in [1.82, 2.24) is 4.90 Å². The van der Waals surface area contributed by atoms with Gasteiger partial charge in [-0.05, 0) is 38.4 Å². The fourth-order valence-electron chi connectivity index (χ4n) is 2.53. The number of likely N-dealkylation sites (tertiary alicyclic amines) is 1. The summed E-state index contributed by atoms with van der Waals surface area (Å²) in [5.41, 5.74) is 0.471. The zero-order chi connectivity index (χ0) is 13.8. The van der Waals surface area contributed by atoms with Crippen LogP contribution in [0, 0.1) is 16.0 Å². The summed E-state index contributed by atoms with van der Waals surface area (Å²) in [5.74, 6) is 0.509. The summed E-state index contributed by atoms with van der Waals surface area (Å²) in [6, 6.07) is 4.74. The maximum Gasteiger partial charge on any atom is 0.293 e. The van der Waals surface area contributed by atoms with Crippen molar-refractivity contribution in [2.45, 2.75) is 12.8 Å². The molecular formula is C13H18ClN3O2. The third-order valence-electron chi connectivity index (χ3n) is 3.48. The molecule has 5 nitrogen and oxygen atoms in total. The van der Waals surface area contributed by atoms with Gasteiger partial charge in [-0.25, -0.2) is 0 Å². The van der Waals surface area contributed by atoms with Gasteiger partial charge in [0.2, 0.25) is 0 Å². The van der Waals surface area contributed by atoms with Crippen molar-refractivity contribution >= 4 is 23.0 Å². The molecule has 2 rings (SSSR count). The molecule has 1 aromatic rings. The van der Waals surface area contributed by atoms with E-state index in [4.69, 9.17) is 11.6 Å². The topological polar surface area (TPSA) is 58.4 Å². The van der Waals surface area contributed by atoms with Crippen LogP contribution >= 0.6 is 11.6 Å². The lowest BCUT2D eigenvalue weighted by atomic mass is 9.98. The van der Waals surface area contributed by atoms with E-state index in [2.05, 4.69) is 17.3 Å². The molecule has 1 aliphatic heterocycles. The number of anilines is 1. The molecule has 1 heterocycles. The lowest BCUT2D eigenvalue weighted by Gasteiger charge is -2.30. The van der Waals surface area contributed by atoms with E-state index in [9.17, 15) is 10.1 Å². The summed E-state index contributed by atoms with van der Waals surface area (Å²) >= 11 is 6.04. The summed E-state index contributed by atoms with van der Waals surface area (Å²) in [5, 5.41) is 14.5. The number of rotatable bonds is 4. The predicted octanol–water partition coefficient (Wildman–Crippen LogP) is 3.00. The third kappa shape index (κ3) is 3.58. The first-order valence-electron chi connectivity index (χ1n) is 6.43. The number of piperidine rings is 1. The van der Waals surface area contributed by atoms with Gasteiger partial charge in [0.25, 0.3) is 5.69 Å². The summed E-state index contributed by atoms with van der Waals surface area (Å²) < 4.78 is 0. The number of nitrogens with zero attached hydrogens (tertiary/aromatic N) is 2. The molecule has 1 aromatic carbocycles. The Balaban J connectivity index is 2.04. The highest BCUT2D eigenvalue weighted by Gasteiger charge is 2.20. The number of halogens is 1. The van der Waals surface area contributed by atoms with Crippen molar-refractivity contribution in [2.75, 3.05) is 32.0 Å². The van der Waals surface area contributed by atoms with E-state index in [1.165, 1.54) is 12.5 Å². The van der Waals surface area contributed by atoms with Gasteiger partial charge in [0.05, 0.1) is 9.95 Å². The molecule has 0 saturated carbocycles. The highest BCUT2D eigenvalue weighted by molar-refractivity contribution is 6.33. The first-order chi connectivity index (χ1) is 9.08. The van der Waals surface area contributed by atoms with E-state index in [0.29, 0.717) is 16.6 Å². The number of hydrogen-bond acceptors (Lipinski definition) is 4. The van der Waals surface area contributed by atoms with Gasteiger partial charge < -0.3 is 10.2 Å². The standard InChI is InChI=1S/C13H18ClN3O2/c1-16-7-3-4-10(9-16)8-15-13-11(14)5-2-6-12(13)17(18)19/h2,5-6,10,15H,3-4,7-9H2,1H3. The molecule has 19 heavy (non-hydrogen) atoms. The first kappa shape index (κ1) is 14.1. The molecule has 0 bridgehead atoms. The Bertz CT molecular complexity index is 467. The van der Waals surface area contributed by atoms with Crippen LogP contribution in [-0.4, -0.2) is 36.5 Å². The van der Waals surface area contributed by atoms with Crippen LogP contribution in [0.4, 0.5) is 11.4 Å². The molecule has 0 spiro atoms. The molecule has 1 fully saturated rings. The number of benzene rings is 1. The van der Waals surface area contributed by atoms with E-state index in [1.807, 2.05) is 0 Å². The SMILES string of the molecule is CN1CCCC(CNc2c(Cl)cccc2[N+](=O)[O-])C1. The van der Waals surface area contributed by atoms with E-state index >= 15 is 0 Å². The molecule has 0 radical (unpaired) electrons. The molecule has 104 valence electrons. The Morgan fingerprint density at radius 1 is 1.58 bits per heavy atom. The van der Waals surface area contributed by atoms with Gasteiger partial charge in [0.15, 0.2) is 0 Å². The average Bonchev–Trinajstić information content (AvgIpc) is 2.37. The Kier molecular flexibility index (Phi) is 4.61. The van der Waals surface area contributed by atoms with Crippen LogP contribution in [0.5, 0.6) is 0 Å². The molecule has 1 unspecified atom stereocenters. The molecule has 0 amide bonds. The monoisotopic (exact) mass is 283 g/mol. The van der Waals surface area contributed by atoms with E-state index in [1.54, 1.807) is 12.1 Å². The fourth-order valence-corrected chi connectivity index (χ4v) is 2.76. The van der Waals surface area contributed by atoms with Crippen LogP contribution in [0.25, 0.3) is 0 Å². The molecule has 0 aliphatic carbocycles. The second-order valence-corrected chi connectivity index (χ2v) is 5.45. The van der Waals surface area contributed by atoms with Crippen molar-refractivity contribution in [3.8, 4) is 0 Å². The van der Waals surface area contributed by atoms with Crippen LogP contribution in [0.1, 0.15) is 12.8 Å². The van der Waals surface area contributed by atoms with Crippen molar-refractivity contribution in [3.63, 3.8) is 0 Å². The van der Waals surface area contributed by atoms with E-state index < -0.39 is 4.92 Å². The van der Waals surface area contributed by atoms with Gasteiger partial charge >= 0.3 is 0 Å². The van der Waals surface area contributed by atoms with Gasteiger partial charge in [-0.1, -0.05) is 17.7 Å². The second kappa shape index (κ2) is 6.21. The molecule has 0 aromatic heterocycles. The summed E-state index contributed by atoms with van der Waals surface area (Å²) in [4.78, 5) is 12.9. The lowest BCUT2D eigenvalue weighted by molar-refractivity contribution is -0.383. The van der Waals surface area contributed by atoms with Crippen molar-refractivity contribution in [1.29, 1.82) is 0 Å². The number of nitro groups is 1. The van der Waals surface area contributed by atoms with Crippen molar-refractivity contribution < 1.29 is 4.92 Å². The molecule has 1 aliphatic rings. The van der Waals surface area contributed by atoms with Gasteiger partial charge in [-0.3, -0.25) is 10.1 Å². The minimum Gasteiger partial charge on any atom is -0.378 e. The third-order valence-corrected chi connectivity index (χ3v) is 3.79. The Labute approximate surface area is 117 Å². The van der Waals surface area contributed by atoms with Crippen molar-refractivity contribution in [2.24, 2.45) is 5.92 Å². The number of hydrogen-bond donors (Lipinski definition) is 1. The van der Waals surface area contributed by atoms with Crippen LogP contribution in [-0.2, 0) is 0 Å². The fraction of sp³-hybridized carbons (Fsp3) is 0.538. The van der Waals surface area contributed by atoms with Crippen LogP contribution in [0.3, 0.4) is 0 Å². The van der Waals surface area contributed by atoms with E-state index in [-0.39, 0.29) is 5.69 Å². The largest absolute Gasteiger partial charge is 0.378 e. The highest BCUT2D eigenvalue weighted by Crippen LogP contribution is 2.32. The van der Waals surface area contributed by atoms with Crippen LogP contribution in [0.15, 0.2) is 18.2 Å². The normalized spacial score (nSPS) is 20.2. The van der Waals surface area contributed by atoms with Gasteiger partial charge in [0.1, 0.15) is 5.69 Å². The van der Waals surface area contributed by atoms with Gasteiger partial charge in [-0.2, -0.15) is 0 Å². The quantitative estimate of drug-likeness (QED) is 0.682. The molecule has 1 atom stereocenters. The number of nitro benzene ring substituents is 1. The van der Waals surface area contributed by atoms with Crippen LogP contribution in [0.2, 0.25) is 5.02 Å². The molecule has 6 heteroatoms. The Hall–Kier alpha value is -1.33. The minimum absolute atomic E-state index is 0.0386. The molecule has 1 N–H and O–H groups in total. The summed E-state index contributed by atoms with van der Waals surface area (Å²) in [7, 11) is 2.10. The zero-order valence-electron chi connectivity index (χ0n) is 10.9. The van der Waals surface area contributed by atoms with Crippen LogP contribution < -0.4 is 5.32 Å². The molecular weight excluding hydrogens is 266 g/mol. The molecule has 1 saturated heterocycles. The summed E-state index contributed by atoms with van der Waals surface area (Å²) in [6.45, 7) is 2.86. The lowest BCUT2D eigenvalue weighted by Crippen LogP contribution is -2.35. The predicted molar refractivity (Wildman–Crippen MR) is 76.8 cm³/mol. The average molecular weight is 284 g/mol. The first-order valence-corrected chi connectivity index (χ1v) is 6.81. The minimum atomic E-state index is -0.402. The van der Waals surface area contributed by atoms with Gasteiger partial charge in [0, 0.05) is 19.2 Å². The Morgan fingerprint density at radius 3 is 3.05 bits per heavy atom. The maximum absolute atomic E-state index is 11.0. The van der Waals surface area contributed by atoms with E-state index in [0.717, 1.165) is 26.1 Å². The highest BCUT2D eigenvalue weighted by atomic mass is 35.5. The number of para-hydroxylation sites is 1.